The van der Waals surface area contributed by atoms with E-state index in [1.807, 2.05) is 0 Å². The highest BCUT2D eigenvalue weighted by molar-refractivity contribution is 7.58. The molecule has 1 aliphatic carbocycles. The summed E-state index contributed by atoms with van der Waals surface area (Å²) in [5.41, 5.74) is 1.86. The van der Waals surface area contributed by atoms with Crippen LogP contribution in [0, 0.1) is 10.8 Å². The van der Waals surface area contributed by atoms with E-state index in [0.29, 0.717) is 16.6 Å². The third-order valence-electron chi connectivity index (χ3n) is 4.84. The molecule has 0 atom stereocenters. The smallest absolute Gasteiger partial charge is 0.133 e. The summed E-state index contributed by atoms with van der Waals surface area (Å²) in [7, 11) is 0.0867. The van der Waals surface area contributed by atoms with Crippen LogP contribution in [0.15, 0.2) is 0 Å². The zero-order valence-corrected chi connectivity index (χ0v) is 12.8. The Morgan fingerprint density at radius 1 is 1.00 bits per heavy atom. The van der Waals surface area contributed by atoms with Crippen LogP contribution < -0.4 is 0 Å². The number of ketones is 1. The molecule has 0 bridgehead atoms. The van der Waals surface area contributed by atoms with E-state index < -0.39 is 0 Å². The van der Waals surface area contributed by atoms with Gasteiger partial charge in [-0.3, -0.25) is 4.79 Å². The molecule has 0 spiro atoms. The molecule has 2 heteroatoms. The van der Waals surface area contributed by atoms with Gasteiger partial charge in [0.2, 0.25) is 0 Å². The molecule has 0 aromatic rings. The van der Waals surface area contributed by atoms with Crippen LogP contribution in [0.4, 0.5) is 0 Å². The van der Waals surface area contributed by atoms with Crippen LogP contribution in [-0.4, -0.2) is 23.8 Å². The minimum atomic E-state index is 0.0867. The summed E-state index contributed by atoms with van der Waals surface area (Å²) < 4.78 is 0. The van der Waals surface area contributed by atoms with Crippen molar-refractivity contribution in [3.05, 3.63) is 0 Å². The van der Waals surface area contributed by atoms with Gasteiger partial charge in [0.1, 0.15) is 5.78 Å². The van der Waals surface area contributed by atoms with E-state index >= 15 is 0 Å². The van der Waals surface area contributed by atoms with Crippen molar-refractivity contribution < 1.29 is 4.79 Å². The lowest BCUT2D eigenvalue weighted by atomic mass is 9.65. The molecule has 1 nitrogen and oxygen atoms in total. The van der Waals surface area contributed by atoms with Gasteiger partial charge in [0.25, 0.3) is 0 Å². The van der Waals surface area contributed by atoms with E-state index in [1.165, 1.54) is 31.6 Å². The van der Waals surface area contributed by atoms with Crippen LogP contribution in [0.25, 0.3) is 0 Å². The van der Waals surface area contributed by atoms with E-state index in [1.54, 1.807) is 0 Å². The Bertz CT molecular complexity index is 280. The maximum absolute atomic E-state index is 11.4. The maximum Gasteiger partial charge on any atom is 0.133 e. The Labute approximate surface area is 107 Å². The SMILES string of the molecule is CC1(C)CCCC(C)(C)C1P1CCC(=O)CC1. The number of Topliss-reactive ketones (excluding diaryl/α,β-unsaturated/α-hetero) is 1. The van der Waals surface area contributed by atoms with Gasteiger partial charge in [-0.2, -0.15) is 0 Å². The molecule has 2 fully saturated rings. The molecular formula is C15H27OP. The second-order valence-corrected chi connectivity index (χ2v) is 9.90. The van der Waals surface area contributed by atoms with Gasteiger partial charge in [-0.1, -0.05) is 34.1 Å². The maximum atomic E-state index is 11.4. The second-order valence-electron chi connectivity index (χ2n) is 7.31. The predicted molar refractivity (Wildman–Crippen MR) is 76.1 cm³/mol. The average Bonchev–Trinajstić information content (AvgIpc) is 2.18. The molecule has 0 aromatic carbocycles. The highest BCUT2D eigenvalue weighted by Crippen LogP contribution is 2.62. The number of carbonyl (C=O) groups is 1. The first-order valence-corrected chi connectivity index (χ1v) is 8.87. The molecule has 98 valence electrons. The molecule has 17 heavy (non-hydrogen) atoms. The molecule has 0 amide bonds. The van der Waals surface area contributed by atoms with Crippen LogP contribution in [0.2, 0.25) is 0 Å². The van der Waals surface area contributed by atoms with Crippen LogP contribution in [0.1, 0.15) is 59.8 Å². The van der Waals surface area contributed by atoms with Crippen molar-refractivity contribution in [3.8, 4) is 0 Å². The molecule has 2 rings (SSSR count). The third-order valence-corrected chi connectivity index (χ3v) is 8.57. The second kappa shape index (κ2) is 4.65. The molecule has 1 saturated carbocycles. The van der Waals surface area contributed by atoms with Crippen LogP contribution >= 0.6 is 7.92 Å². The van der Waals surface area contributed by atoms with Crippen LogP contribution in [-0.2, 0) is 4.79 Å². The van der Waals surface area contributed by atoms with Crippen molar-refractivity contribution in [3.63, 3.8) is 0 Å². The van der Waals surface area contributed by atoms with Gasteiger partial charge >= 0.3 is 0 Å². The fraction of sp³-hybridized carbons (Fsp3) is 0.933. The van der Waals surface area contributed by atoms with Gasteiger partial charge in [0.05, 0.1) is 0 Å². The Kier molecular flexibility index (Phi) is 3.70. The van der Waals surface area contributed by atoms with Crippen molar-refractivity contribution in [1.29, 1.82) is 0 Å². The van der Waals surface area contributed by atoms with E-state index in [0.717, 1.165) is 18.5 Å². The first-order chi connectivity index (χ1) is 7.83. The summed E-state index contributed by atoms with van der Waals surface area (Å²) >= 11 is 0. The lowest BCUT2D eigenvalue weighted by Crippen LogP contribution is -2.45. The van der Waals surface area contributed by atoms with Crippen molar-refractivity contribution in [2.45, 2.75) is 65.5 Å². The Hall–Kier alpha value is 0.100. The minimum Gasteiger partial charge on any atom is -0.300 e. The standard InChI is InChI=1S/C15H27OP/c1-14(2)8-5-9-15(3,4)13(14)17-10-6-12(16)7-11-17/h13H,5-11H2,1-4H3. The van der Waals surface area contributed by atoms with Gasteiger partial charge < -0.3 is 0 Å². The molecule has 0 radical (unpaired) electrons. The lowest BCUT2D eigenvalue weighted by Gasteiger charge is -2.53. The Morgan fingerprint density at radius 3 is 1.94 bits per heavy atom. The molecule has 0 aromatic heterocycles. The first kappa shape index (κ1) is 13.5. The largest absolute Gasteiger partial charge is 0.300 e. The lowest BCUT2D eigenvalue weighted by molar-refractivity contribution is -0.118. The number of carbonyl (C=O) groups excluding carboxylic acids is 1. The Morgan fingerprint density at radius 2 is 1.47 bits per heavy atom. The quantitative estimate of drug-likeness (QED) is 0.632. The monoisotopic (exact) mass is 254 g/mol. The predicted octanol–water partition coefficient (Wildman–Crippen LogP) is 4.44. The number of hydrogen-bond donors (Lipinski definition) is 0. The summed E-state index contributed by atoms with van der Waals surface area (Å²) in [6.07, 6.45) is 8.32. The van der Waals surface area contributed by atoms with Crippen LogP contribution in [0.3, 0.4) is 0 Å². The summed E-state index contributed by atoms with van der Waals surface area (Å²) in [4.78, 5) is 11.4. The molecule has 1 saturated heterocycles. The first-order valence-electron chi connectivity index (χ1n) is 7.09. The number of rotatable bonds is 1. The van der Waals surface area contributed by atoms with Gasteiger partial charge in [0.15, 0.2) is 0 Å². The Balaban J connectivity index is 2.17. The van der Waals surface area contributed by atoms with E-state index in [9.17, 15) is 4.79 Å². The summed E-state index contributed by atoms with van der Waals surface area (Å²) in [5, 5.41) is 0. The van der Waals surface area contributed by atoms with Crippen molar-refractivity contribution in [2.24, 2.45) is 10.8 Å². The van der Waals surface area contributed by atoms with Gasteiger partial charge in [0, 0.05) is 12.8 Å². The van der Waals surface area contributed by atoms with Crippen molar-refractivity contribution in [2.75, 3.05) is 12.3 Å². The van der Waals surface area contributed by atoms with Crippen molar-refractivity contribution in [1.82, 2.24) is 0 Å². The zero-order valence-electron chi connectivity index (χ0n) is 11.9. The highest BCUT2D eigenvalue weighted by atomic mass is 31.1. The molecule has 2 aliphatic rings. The molecular weight excluding hydrogens is 227 g/mol. The molecule has 0 unspecified atom stereocenters. The normalized spacial score (nSPS) is 30.5. The summed E-state index contributed by atoms with van der Waals surface area (Å²) in [5.74, 6) is 0.509. The van der Waals surface area contributed by atoms with Crippen LogP contribution in [0.5, 0.6) is 0 Å². The fourth-order valence-electron chi connectivity index (χ4n) is 4.35. The molecule has 0 N–H and O–H groups in total. The van der Waals surface area contributed by atoms with E-state index in [2.05, 4.69) is 27.7 Å². The van der Waals surface area contributed by atoms with Gasteiger partial charge in [-0.25, -0.2) is 0 Å². The van der Waals surface area contributed by atoms with Gasteiger partial charge in [-0.05, 0) is 41.7 Å². The topological polar surface area (TPSA) is 17.1 Å². The molecule has 1 heterocycles. The highest BCUT2D eigenvalue weighted by Gasteiger charge is 2.47. The third kappa shape index (κ3) is 2.75. The van der Waals surface area contributed by atoms with E-state index in [-0.39, 0.29) is 7.92 Å². The summed E-state index contributed by atoms with van der Waals surface area (Å²) in [6.45, 7) is 9.88. The van der Waals surface area contributed by atoms with E-state index in [4.69, 9.17) is 0 Å². The average molecular weight is 254 g/mol. The van der Waals surface area contributed by atoms with Crippen molar-refractivity contribution >= 4 is 13.7 Å². The summed E-state index contributed by atoms with van der Waals surface area (Å²) in [6, 6.07) is 0. The number of hydrogen-bond acceptors (Lipinski definition) is 1. The minimum absolute atomic E-state index is 0.0867. The molecule has 1 aliphatic heterocycles. The fourth-order valence-corrected chi connectivity index (χ4v) is 8.40. The van der Waals surface area contributed by atoms with Gasteiger partial charge in [-0.15, -0.1) is 7.92 Å². The zero-order chi connectivity index (χ0) is 12.7.